The molecule has 4 nitrogen and oxygen atoms in total. The quantitative estimate of drug-likeness (QED) is 0.328. The van der Waals surface area contributed by atoms with E-state index in [9.17, 15) is 8.78 Å². The third-order valence-electron chi connectivity index (χ3n) is 3.31. The summed E-state index contributed by atoms with van der Waals surface area (Å²) in [6.45, 7) is 1.52. The van der Waals surface area contributed by atoms with Gasteiger partial charge in [0.15, 0.2) is 17.6 Å². The molecular weight excluding hydrogens is 391 g/mol. The molecular formula is C14H20F2IN3O. The zero-order valence-electron chi connectivity index (χ0n) is 11.6. The van der Waals surface area contributed by atoms with Crippen LogP contribution in [-0.2, 0) is 0 Å². The summed E-state index contributed by atoms with van der Waals surface area (Å²) < 4.78 is 30.9. The first-order chi connectivity index (χ1) is 9.65. The molecule has 0 aromatic heterocycles. The predicted octanol–water partition coefficient (Wildman–Crippen LogP) is 2.67. The second-order valence-electron chi connectivity index (χ2n) is 4.87. The van der Waals surface area contributed by atoms with Gasteiger partial charge in [-0.15, -0.1) is 24.0 Å². The second kappa shape index (κ2) is 9.01. The van der Waals surface area contributed by atoms with E-state index >= 15 is 0 Å². The van der Waals surface area contributed by atoms with Crippen LogP contribution in [0.3, 0.4) is 0 Å². The Kier molecular flexibility index (Phi) is 7.69. The van der Waals surface area contributed by atoms with Crippen molar-refractivity contribution < 1.29 is 13.5 Å². The normalized spacial score (nSPS) is 15.0. The van der Waals surface area contributed by atoms with Crippen molar-refractivity contribution in [2.75, 3.05) is 19.7 Å². The molecule has 118 valence electrons. The van der Waals surface area contributed by atoms with Gasteiger partial charge in [0.25, 0.3) is 0 Å². The average molecular weight is 411 g/mol. The van der Waals surface area contributed by atoms with Gasteiger partial charge in [-0.05, 0) is 30.9 Å². The SMILES string of the molecule is I.NC(=NCC1CCC1)NCCOc1ccc(F)c(F)c1. The lowest BCUT2D eigenvalue weighted by Gasteiger charge is -2.23. The fourth-order valence-corrected chi connectivity index (χ4v) is 1.87. The van der Waals surface area contributed by atoms with Crippen molar-refractivity contribution in [3.63, 3.8) is 0 Å². The fourth-order valence-electron chi connectivity index (χ4n) is 1.87. The molecule has 0 spiro atoms. The molecule has 1 aliphatic carbocycles. The van der Waals surface area contributed by atoms with Crippen LogP contribution in [0, 0.1) is 17.6 Å². The minimum Gasteiger partial charge on any atom is -0.492 e. The van der Waals surface area contributed by atoms with Crippen molar-refractivity contribution >= 4 is 29.9 Å². The molecule has 0 aliphatic heterocycles. The fraction of sp³-hybridized carbons (Fsp3) is 0.500. The van der Waals surface area contributed by atoms with Gasteiger partial charge < -0.3 is 15.8 Å². The predicted molar refractivity (Wildman–Crippen MR) is 89.1 cm³/mol. The first-order valence-corrected chi connectivity index (χ1v) is 6.77. The summed E-state index contributed by atoms with van der Waals surface area (Å²) in [5.74, 6) is -0.449. The average Bonchev–Trinajstić information content (AvgIpc) is 2.37. The molecule has 0 saturated heterocycles. The van der Waals surface area contributed by atoms with Gasteiger partial charge in [0, 0.05) is 12.6 Å². The Morgan fingerprint density at radius 1 is 1.33 bits per heavy atom. The number of halogens is 3. The molecule has 1 saturated carbocycles. The topological polar surface area (TPSA) is 59.6 Å². The monoisotopic (exact) mass is 411 g/mol. The van der Waals surface area contributed by atoms with Crippen LogP contribution in [-0.4, -0.2) is 25.7 Å². The summed E-state index contributed by atoms with van der Waals surface area (Å²) in [4.78, 5) is 4.23. The molecule has 3 N–H and O–H groups in total. The number of nitrogens with one attached hydrogen (secondary N) is 1. The molecule has 1 aromatic carbocycles. The third kappa shape index (κ3) is 6.03. The Hall–Kier alpha value is -1.12. The number of hydrogen-bond acceptors (Lipinski definition) is 2. The Morgan fingerprint density at radius 3 is 2.71 bits per heavy atom. The van der Waals surface area contributed by atoms with E-state index in [-0.39, 0.29) is 29.7 Å². The van der Waals surface area contributed by atoms with Crippen LogP contribution in [0.15, 0.2) is 23.2 Å². The minimum atomic E-state index is -0.919. The van der Waals surface area contributed by atoms with E-state index in [0.29, 0.717) is 25.0 Å². The smallest absolute Gasteiger partial charge is 0.188 e. The maximum atomic E-state index is 12.9. The summed E-state index contributed by atoms with van der Waals surface area (Å²) in [5.41, 5.74) is 5.70. The van der Waals surface area contributed by atoms with Crippen LogP contribution in [0.2, 0.25) is 0 Å². The van der Waals surface area contributed by atoms with E-state index in [2.05, 4.69) is 10.3 Å². The highest BCUT2D eigenvalue weighted by atomic mass is 127. The summed E-state index contributed by atoms with van der Waals surface area (Å²) in [7, 11) is 0. The van der Waals surface area contributed by atoms with Gasteiger partial charge in [-0.3, -0.25) is 4.99 Å². The van der Waals surface area contributed by atoms with Gasteiger partial charge >= 0.3 is 0 Å². The largest absolute Gasteiger partial charge is 0.492 e. The summed E-state index contributed by atoms with van der Waals surface area (Å²) in [5, 5.41) is 2.92. The van der Waals surface area contributed by atoms with Crippen molar-refractivity contribution in [1.82, 2.24) is 5.32 Å². The second-order valence-corrected chi connectivity index (χ2v) is 4.87. The van der Waals surface area contributed by atoms with Crippen LogP contribution >= 0.6 is 24.0 Å². The number of aliphatic imine (C=N–C) groups is 1. The van der Waals surface area contributed by atoms with Gasteiger partial charge in [0.05, 0.1) is 6.54 Å². The van der Waals surface area contributed by atoms with Crippen LogP contribution in [0.25, 0.3) is 0 Å². The van der Waals surface area contributed by atoms with E-state index in [1.165, 1.54) is 25.3 Å². The van der Waals surface area contributed by atoms with E-state index < -0.39 is 11.6 Å². The number of nitrogens with two attached hydrogens (primary N) is 1. The Bertz CT molecular complexity index is 481. The third-order valence-corrected chi connectivity index (χ3v) is 3.31. The zero-order valence-corrected chi connectivity index (χ0v) is 14.0. The van der Waals surface area contributed by atoms with Gasteiger partial charge in [0.1, 0.15) is 12.4 Å². The first-order valence-electron chi connectivity index (χ1n) is 6.77. The molecule has 0 bridgehead atoms. The number of nitrogens with zero attached hydrogens (tertiary/aromatic N) is 1. The minimum absolute atomic E-state index is 0. The zero-order chi connectivity index (χ0) is 14.4. The lowest BCUT2D eigenvalue weighted by atomic mass is 9.86. The van der Waals surface area contributed by atoms with Gasteiger partial charge in [-0.1, -0.05) is 6.42 Å². The van der Waals surface area contributed by atoms with Crippen molar-refractivity contribution in [1.29, 1.82) is 0 Å². The maximum absolute atomic E-state index is 12.9. The van der Waals surface area contributed by atoms with E-state index in [1.807, 2.05) is 0 Å². The standard InChI is InChI=1S/C14H19F2N3O.HI/c15-12-5-4-11(8-13(12)16)20-7-6-18-14(17)19-9-10-2-1-3-10;/h4-5,8,10H,1-3,6-7,9H2,(H3,17,18,19);1H. The highest BCUT2D eigenvalue weighted by Crippen LogP contribution is 2.26. The van der Waals surface area contributed by atoms with Gasteiger partial charge in [-0.25, -0.2) is 8.78 Å². The molecule has 1 aliphatic rings. The number of ether oxygens (including phenoxy) is 1. The molecule has 0 unspecified atom stereocenters. The van der Waals surface area contributed by atoms with E-state index in [4.69, 9.17) is 10.5 Å². The lowest BCUT2D eigenvalue weighted by Crippen LogP contribution is -2.35. The van der Waals surface area contributed by atoms with Crippen LogP contribution < -0.4 is 15.8 Å². The van der Waals surface area contributed by atoms with Crippen molar-refractivity contribution in [3.05, 3.63) is 29.8 Å². The van der Waals surface area contributed by atoms with E-state index in [1.54, 1.807) is 0 Å². The van der Waals surface area contributed by atoms with Gasteiger partial charge in [-0.2, -0.15) is 0 Å². The summed E-state index contributed by atoms with van der Waals surface area (Å²) in [6.07, 6.45) is 3.75. The van der Waals surface area contributed by atoms with Crippen LogP contribution in [0.1, 0.15) is 19.3 Å². The van der Waals surface area contributed by atoms with E-state index in [0.717, 1.165) is 18.7 Å². The lowest BCUT2D eigenvalue weighted by molar-refractivity contribution is 0.317. The number of hydrogen-bond donors (Lipinski definition) is 2. The van der Waals surface area contributed by atoms with Crippen LogP contribution in [0.5, 0.6) is 5.75 Å². The Morgan fingerprint density at radius 2 is 2.10 bits per heavy atom. The van der Waals surface area contributed by atoms with Crippen molar-refractivity contribution in [3.8, 4) is 5.75 Å². The molecule has 0 radical (unpaired) electrons. The van der Waals surface area contributed by atoms with Crippen molar-refractivity contribution in [2.45, 2.75) is 19.3 Å². The molecule has 0 amide bonds. The molecule has 1 fully saturated rings. The maximum Gasteiger partial charge on any atom is 0.188 e. The highest BCUT2D eigenvalue weighted by Gasteiger charge is 2.16. The van der Waals surface area contributed by atoms with Crippen LogP contribution in [0.4, 0.5) is 8.78 Å². The number of rotatable bonds is 6. The Labute approximate surface area is 140 Å². The Balaban J connectivity index is 0.00000220. The number of guanidine groups is 1. The first kappa shape index (κ1) is 17.9. The molecule has 1 aromatic rings. The molecule has 0 heterocycles. The van der Waals surface area contributed by atoms with Crippen molar-refractivity contribution in [2.24, 2.45) is 16.6 Å². The molecule has 2 rings (SSSR count). The summed E-state index contributed by atoms with van der Waals surface area (Å²) in [6, 6.07) is 3.43. The molecule has 21 heavy (non-hydrogen) atoms. The molecule has 0 atom stereocenters. The summed E-state index contributed by atoms with van der Waals surface area (Å²) >= 11 is 0. The molecule has 7 heteroatoms. The highest BCUT2D eigenvalue weighted by molar-refractivity contribution is 14.0. The van der Waals surface area contributed by atoms with Gasteiger partial charge in [0.2, 0.25) is 0 Å². The number of benzene rings is 1.